The van der Waals surface area contributed by atoms with Crippen molar-refractivity contribution >= 4 is 29.0 Å². The molecule has 4 aromatic carbocycles. The fraction of sp³-hybridized carbons (Fsp3) is 0.129. The largest absolute Gasteiger partial charge is 0.283 e. The predicted molar refractivity (Wildman–Crippen MR) is 146 cm³/mol. The van der Waals surface area contributed by atoms with Crippen molar-refractivity contribution in [2.45, 2.75) is 11.7 Å². The number of hydrazine groups is 1. The first-order valence-electron chi connectivity index (χ1n) is 12.6. The van der Waals surface area contributed by atoms with Crippen LogP contribution in [-0.2, 0) is 15.3 Å². The number of hydrogen-bond acceptors (Lipinski definition) is 6. The minimum Gasteiger partial charge on any atom is -0.283 e. The highest BCUT2D eigenvalue weighted by Gasteiger charge is 2.74. The molecule has 38 heavy (non-hydrogen) atoms. The van der Waals surface area contributed by atoms with Gasteiger partial charge in [0.2, 0.25) is 5.91 Å². The number of fused-ring (bicyclic) bond motifs is 3. The molecule has 0 bridgehead atoms. The maximum absolute atomic E-state index is 14.1. The summed E-state index contributed by atoms with van der Waals surface area (Å²) in [5, 5.41) is 11.2. The molecular weight excluding hydrogens is 474 g/mol. The summed E-state index contributed by atoms with van der Waals surface area (Å²) in [4.78, 5) is 29.2. The van der Waals surface area contributed by atoms with Crippen molar-refractivity contribution in [1.82, 2.24) is 9.91 Å². The quantitative estimate of drug-likeness (QED) is 0.389. The summed E-state index contributed by atoms with van der Waals surface area (Å²) >= 11 is 0. The van der Waals surface area contributed by atoms with Crippen LogP contribution < -0.4 is 10.0 Å². The van der Waals surface area contributed by atoms with E-state index in [0.29, 0.717) is 5.84 Å². The van der Waals surface area contributed by atoms with Crippen LogP contribution in [0.25, 0.3) is 0 Å². The summed E-state index contributed by atoms with van der Waals surface area (Å²) in [5.41, 5.74) is 2.29. The molecule has 0 saturated carbocycles. The SMILES string of the molecule is CN1C(=O)C2C(C1=O)C1(c3ccccc3)N(c3ccccc3)N=C(c3ccccc3)N1N2c1ccccc1. The Balaban J connectivity index is 1.60. The second kappa shape index (κ2) is 8.31. The summed E-state index contributed by atoms with van der Waals surface area (Å²) in [6, 6.07) is 38.8. The number of likely N-dealkylation sites (tertiary alicyclic amines) is 1. The third-order valence-corrected chi connectivity index (χ3v) is 7.70. The molecule has 3 heterocycles. The number of hydrazone groups is 1. The van der Waals surface area contributed by atoms with Crippen molar-refractivity contribution < 1.29 is 9.59 Å². The lowest BCUT2D eigenvalue weighted by Gasteiger charge is -2.44. The topological polar surface area (TPSA) is 59.5 Å². The Bertz CT molecular complexity index is 1540. The number of rotatable bonds is 4. The Morgan fingerprint density at radius 1 is 0.658 bits per heavy atom. The number of amidine groups is 1. The summed E-state index contributed by atoms with van der Waals surface area (Å²) in [6.07, 6.45) is 0. The molecule has 0 aliphatic carbocycles. The van der Waals surface area contributed by atoms with Gasteiger partial charge < -0.3 is 0 Å². The van der Waals surface area contributed by atoms with Crippen molar-refractivity contribution in [2.75, 3.05) is 17.1 Å². The molecule has 2 saturated heterocycles. The van der Waals surface area contributed by atoms with E-state index >= 15 is 0 Å². The van der Waals surface area contributed by atoms with Gasteiger partial charge in [-0.1, -0.05) is 97.1 Å². The first kappa shape index (κ1) is 22.3. The van der Waals surface area contributed by atoms with E-state index in [0.717, 1.165) is 22.5 Å². The average molecular weight is 500 g/mol. The second-order valence-electron chi connectivity index (χ2n) is 9.68. The number of anilines is 2. The smallest absolute Gasteiger partial charge is 0.254 e. The zero-order valence-electron chi connectivity index (χ0n) is 20.8. The van der Waals surface area contributed by atoms with E-state index < -0.39 is 17.6 Å². The molecule has 3 aliphatic rings. The predicted octanol–water partition coefficient (Wildman–Crippen LogP) is 4.44. The van der Waals surface area contributed by atoms with Gasteiger partial charge in [0.1, 0.15) is 12.0 Å². The summed E-state index contributed by atoms with van der Waals surface area (Å²) in [5.74, 6) is -0.528. The van der Waals surface area contributed by atoms with Gasteiger partial charge in [0.15, 0.2) is 11.5 Å². The lowest BCUT2D eigenvalue weighted by Crippen LogP contribution is -2.58. The molecule has 3 atom stereocenters. The number of likely N-dealkylation sites (N-methyl/N-ethyl adjacent to an activating group) is 1. The minimum absolute atomic E-state index is 0.224. The Hall–Kier alpha value is -4.91. The molecular formula is C31H25N5O2. The highest BCUT2D eigenvalue weighted by molar-refractivity contribution is 6.13. The van der Waals surface area contributed by atoms with Crippen LogP contribution in [-0.4, -0.2) is 40.6 Å². The Labute approximate surface area is 220 Å². The van der Waals surface area contributed by atoms with Crippen LogP contribution in [0.1, 0.15) is 11.1 Å². The highest BCUT2D eigenvalue weighted by atomic mass is 16.2. The van der Waals surface area contributed by atoms with Gasteiger partial charge in [-0.05, 0) is 24.3 Å². The first-order valence-corrected chi connectivity index (χ1v) is 12.6. The molecule has 186 valence electrons. The monoisotopic (exact) mass is 499 g/mol. The number of benzene rings is 4. The number of nitrogens with zero attached hydrogens (tertiary/aromatic N) is 5. The molecule has 3 unspecified atom stereocenters. The van der Waals surface area contributed by atoms with Gasteiger partial charge >= 0.3 is 0 Å². The second-order valence-corrected chi connectivity index (χ2v) is 9.68. The summed E-state index contributed by atoms with van der Waals surface area (Å²) in [7, 11) is 1.58. The third kappa shape index (κ3) is 2.87. The third-order valence-electron chi connectivity index (χ3n) is 7.70. The number of carbonyl (C=O) groups is 2. The van der Waals surface area contributed by atoms with Gasteiger partial charge in [-0.3, -0.25) is 19.5 Å². The molecule has 0 aromatic heterocycles. The van der Waals surface area contributed by atoms with E-state index in [-0.39, 0.29) is 11.8 Å². The maximum Gasteiger partial charge on any atom is 0.254 e. The molecule has 7 heteroatoms. The van der Waals surface area contributed by atoms with Gasteiger partial charge in [-0.2, -0.15) is 0 Å². The fourth-order valence-corrected chi connectivity index (χ4v) is 6.11. The van der Waals surface area contributed by atoms with Crippen LogP contribution in [0.3, 0.4) is 0 Å². The molecule has 0 radical (unpaired) electrons. The number of amides is 2. The number of hydrogen-bond donors (Lipinski definition) is 0. The van der Waals surface area contributed by atoms with Crippen LogP contribution in [0.5, 0.6) is 0 Å². The highest BCUT2D eigenvalue weighted by Crippen LogP contribution is 2.57. The minimum atomic E-state index is -1.12. The Morgan fingerprint density at radius 2 is 1.18 bits per heavy atom. The van der Waals surface area contributed by atoms with Gasteiger partial charge in [0, 0.05) is 18.2 Å². The van der Waals surface area contributed by atoms with Crippen molar-refractivity contribution in [1.29, 1.82) is 0 Å². The fourth-order valence-electron chi connectivity index (χ4n) is 6.11. The van der Waals surface area contributed by atoms with Crippen molar-refractivity contribution in [2.24, 2.45) is 11.0 Å². The normalized spacial score (nSPS) is 24.1. The summed E-state index contributed by atoms with van der Waals surface area (Å²) in [6.45, 7) is 0. The number of imide groups is 1. The van der Waals surface area contributed by atoms with E-state index in [4.69, 9.17) is 5.10 Å². The molecule has 2 amide bonds. The standard InChI is InChI=1S/C31H25N5O2/c1-33-29(37)26-27(30(33)38)34(24-18-10-4-11-19-24)36-28(22-14-6-2-7-15-22)32-35(25-20-12-5-13-21-25)31(26,36)23-16-8-3-9-17-23/h2-21,26-27H,1H3. The molecule has 0 spiro atoms. The van der Waals surface area contributed by atoms with E-state index in [1.54, 1.807) is 7.05 Å². The first-order chi connectivity index (χ1) is 18.6. The van der Waals surface area contributed by atoms with Crippen molar-refractivity contribution in [3.8, 4) is 0 Å². The van der Waals surface area contributed by atoms with Crippen LogP contribution in [0, 0.1) is 5.92 Å². The molecule has 3 aliphatic heterocycles. The molecule has 7 rings (SSSR count). The maximum atomic E-state index is 14.1. The van der Waals surface area contributed by atoms with E-state index in [1.807, 2.05) is 131 Å². The number of carbonyl (C=O) groups excluding carboxylic acids is 2. The van der Waals surface area contributed by atoms with Gasteiger partial charge in [-0.15, -0.1) is 5.10 Å². The molecule has 0 N–H and O–H groups in total. The van der Waals surface area contributed by atoms with E-state index in [9.17, 15) is 9.59 Å². The molecule has 2 fully saturated rings. The Morgan fingerprint density at radius 3 is 1.79 bits per heavy atom. The van der Waals surface area contributed by atoms with Crippen molar-refractivity contribution in [3.05, 3.63) is 132 Å². The lowest BCUT2D eigenvalue weighted by atomic mass is 9.82. The van der Waals surface area contributed by atoms with Gasteiger partial charge in [0.05, 0.1) is 11.4 Å². The van der Waals surface area contributed by atoms with Crippen LogP contribution in [0.2, 0.25) is 0 Å². The lowest BCUT2D eigenvalue weighted by molar-refractivity contribution is -0.139. The van der Waals surface area contributed by atoms with E-state index in [2.05, 4.69) is 5.01 Å². The zero-order chi connectivity index (χ0) is 25.9. The number of para-hydroxylation sites is 2. The van der Waals surface area contributed by atoms with Crippen LogP contribution in [0.4, 0.5) is 11.4 Å². The average Bonchev–Trinajstić information content (AvgIpc) is 3.56. The van der Waals surface area contributed by atoms with Gasteiger partial charge in [-0.25, -0.2) is 10.0 Å². The Kier molecular flexibility index (Phi) is 4.88. The van der Waals surface area contributed by atoms with Crippen LogP contribution in [0.15, 0.2) is 126 Å². The van der Waals surface area contributed by atoms with E-state index in [1.165, 1.54) is 4.90 Å². The van der Waals surface area contributed by atoms with Gasteiger partial charge in [0.25, 0.3) is 5.91 Å². The van der Waals surface area contributed by atoms with Crippen molar-refractivity contribution in [3.63, 3.8) is 0 Å². The zero-order valence-corrected chi connectivity index (χ0v) is 20.8. The van der Waals surface area contributed by atoms with Crippen LogP contribution >= 0.6 is 0 Å². The molecule has 4 aromatic rings. The molecule has 7 nitrogen and oxygen atoms in total. The summed E-state index contributed by atoms with van der Waals surface area (Å²) < 4.78 is 0.